The number of hydrogen-bond donors (Lipinski definition) is 1. The number of anilines is 1. The molecule has 1 aromatic heterocycles. The lowest BCUT2D eigenvalue weighted by Gasteiger charge is -2.24. The van der Waals surface area contributed by atoms with Crippen molar-refractivity contribution < 1.29 is 23.8 Å². The fraction of sp³-hybridized carbons (Fsp3) is 0.286. The number of carbonyl (C=O) groups is 2. The van der Waals surface area contributed by atoms with E-state index in [9.17, 15) is 14.7 Å². The van der Waals surface area contributed by atoms with Gasteiger partial charge in [-0.2, -0.15) is 0 Å². The third-order valence-electron chi connectivity index (χ3n) is 6.20. The smallest absolute Gasteiger partial charge is 0.300 e. The molecule has 34 heavy (non-hydrogen) atoms. The number of ketones is 1. The van der Waals surface area contributed by atoms with E-state index in [1.807, 2.05) is 65.0 Å². The van der Waals surface area contributed by atoms with Gasteiger partial charge in [0.2, 0.25) is 0 Å². The Morgan fingerprint density at radius 3 is 2.29 bits per heavy atom. The number of carbonyl (C=O) groups excluding carboxylic acids is 2. The summed E-state index contributed by atoms with van der Waals surface area (Å²) in [5.74, 6) is -0.450. The third kappa shape index (κ3) is 3.89. The summed E-state index contributed by atoms with van der Waals surface area (Å²) in [6.45, 7) is 9.76. The summed E-state index contributed by atoms with van der Waals surface area (Å²) in [4.78, 5) is 28.1. The van der Waals surface area contributed by atoms with Crippen molar-refractivity contribution in [2.75, 3.05) is 12.0 Å². The van der Waals surface area contributed by atoms with Crippen molar-refractivity contribution in [3.05, 3.63) is 87.9 Å². The number of benzene rings is 2. The van der Waals surface area contributed by atoms with Crippen molar-refractivity contribution in [2.45, 2.75) is 46.6 Å². The van der Waals surface area contributed by atoms with Crippen LogP contribution in [0.25, 0.3) is 5.76 Å². The average molecular weight is 460 g/mol. The second-order valence-corrected chi connectivity index (χ2v) is 9.09. The molecule has 1 aliphatic rings. The van der Waals surface area contributed by atoms with Crippen LogP contribution in [-0.4, -0.2) is 23.9 Å². The van der Waals surface area contributed by atoms with Crippen LogP contribution in [0.2, 0.25) is 0 Å². The summed E-state index contributed by atoms with van der Waals surface area (Å²) in [7, 11) is 1.60. The maximum Gasteiger partial charge on any atom is 0.300 e. The molecule has 2 heterocycles. The van der Waals surface area contributed by atoms with E-state index in [0.717, 1.165) is 22.3 Å². The molecule has 1 saturated heterocycles. The number of aryl methyl sites for hydroxylation is 3. The highest BCUT2D eigenvalue weighted by Crippen LogP contribution is 2.44. The average Bonchev–Trinajstić information content (AvgIpc) is 3.39. The van der Waals surface area contributed by atoms with Gasteiger partial charge in [0.1, 0.15) is 23.3 Å². The highest BCUT2D eigenvalue weighted by molar-refractivity contribution is 6.51. The Hall–Kier alpha value is -3.80. The number of aliphatic hydroxyl groups is 1. The van der Waals surface area contributed by atoms with Crippen LogP contribution in [0.4, 0.5) is 5.69 Å². The molecule has 0 saturated carbocycles. The van der Waals surface area contributed by atoms with Gasteiger partial charge >= 0.3 is 0 Å². The van der Waals surface area contributed by atoms with E-state index in [1.165, 1.54) is 11.2 Å². The molecule has 3 aromatic rings. The summed E-state index contributed by atoms with van der Waals surface area (Å²) in [5, 5.41) is 11.5. The Morgan fingerprint density at radius 2 is 1.74 bits per heavy atom. The number of nitrogens with zero attached hydrogens (tertiary/aromatic N) is 1. The first-order valence-corrected chi connectivity index (χ1v) is 11.3. The standard InChI is InChI=1S/C28H29NO5/c1-15(2)20-14-21(18(5)13-23(20)33-6)26(30)24-25(22-8-7-9-34-22)29(28(32)27(24)31)19-11-16(3)10-17(4)12-19/h7-15,25,30H,1-6H3/b26-24+. The Balaban J connectivity index is 1.97. The summed E-state index contributed by atoms with van der Waals surface area (Å²) in [5.41, 5.74) is 4.61. The molecule has 1 aliphatic heterocycles. The van der Waals surface area contributed by atoms with Crippen molar-refractivity contribution >= 4 is 23.1 Å². The summed E-state index contributed by atoms with van der Waals surface area (Å²) in [6.07, 6.45) is 1.49. The van der Waals surface area contributed by atoms with Crippen LogP contribution in [0.3, 0.4) is 0 Å². The molecule has 1 unspecified atom stereocenters. The molecule has 1 N–H and O–H groups in total. The summed E-state index contributed by atoms with van der Waals surface area (Å²) >= 11 is 0. The zero-order valence-electron chi connectivity index (χ0n) is 20.3. The third-order valence-corrected chi connectivity index (χ3v) is 6.20. The lowest BCUT2D eigenvalue weighted by atomic mass is 9.92. The van der Waals surface area contributed by atoms with Gasteiger partial charge in [-0.15, -0.1) is 0 Å². The van der Waals surface area contributed by atoms with E-state index >= 15 is 0 Å². The molecule has 2 aromatic carbocycles. The van der Waals surface area contributed by atoms with Gasteiger partial charge in [0.05, 0.1) is 18.9 Å². The van der Waals surface area contributed by atoms with Gasteiger partial charge in [0.25, 0.3) is 11.7 Å². The Labute approximate surface area is 199 Å². The number of amides is 1. The predicted molar refractivity (Wildman–Crippen MR) is 131 cm³/mol. The van der Waals surface area contributed by atoms with Crippen LogP contribution in [0.15, 0.2) is 58.7 Å². The zero-order valence-corrected chi connectivity index (χ0v) is 20.3. The molecule has 1 fully saturated rings. The summed E-state index contributed by atoms with van der Waals surface area (Å²) in [6, 6.07) is 11.9. The first kappa shape index (κ1) is 23.4. The van der Waals surface area contributed by atoms with E-state index in [4.69, 9.17) is 9.15 Å². The number of furan rings is 1. The van der Waals surface area contributed by atoms with Gasteiger partial charge in [0, 0.05) is 11.3 Å². The van der Waals surface area contributed by atoms with Gasteiger partial charge in [-0.25, -0.2) is 0 Å². The van der Waals surface area contributed by atoms with E-state index in [2.05, 4.69) is 0 Å². The van der Waals surface area contributed by atoms with Gasteiger partial charge in [-0.05, 0) is 85.3 Å². The van der Waals surface area contributed by atoms with E-state index in [0.29, 0.717) is 22.8 Å². The molecule has 6 heteroatoms. The molecule has 6 nitrogen and oxygen atoms in total. The lowest BCUT2D eigenvalue weighted by molar-refractivity contribution is -0.132. The van der Waals surface area contributed by atoms with E-state index in [-0.39, 0.29) is 17.3 Å². The minimum absolute atomic E-state index is 0.00193. The van der Waals surface area contributed by atoms with Crippen LogP contribution in [0.5, 0.6) is 5.75 Å². The second kappa shape index (κ2) is 8.86. The molecular formula is C28H29NO5. The maximum absolute atomic E-state index is 13.4. The predicted octanol–water partition coefficient (Wildman–Crippen LogP) is 5.96. The Morgan fingerprint density at radius 1 is 1.06 bits per heavy atom. The number of ether oxygens (including phenoxy) is 1. The molecule has 1 amide bonds. The van der Waals surface area contributed by atoms with Gasteiger partial charge in [-0.3, -0.25) is 14.5 Å². The lowest BCUT2D eigenvalue weighted by Crippen LogP contribution is -2.29. The molecular weight excluding hydrogens is 430 g/mol. The zero-order chi connectivity index (χ0) is 24.7. The van der Waals surface area contributed by atoms with Crippen LogP contribution >= 0.6 is 0 Å². The highest BCUT2D eigenvalue weighted by atomic mass is 16.5. The molecule has 0 spiro atoms. The van der Waals surface area contributed by atoms with Crippen molar-refractivity contribution in [3.8, 4) is 5.75 Å². The fourth-order valence-electron chi connectivity index (χ4n) is 4.63. The van der Waals surface area contributed by atoms with Crippen LogP contribution < -0.4 is 9.64 Å². The normalized spacial score (nSPS) is 17.6. The van der Waals surface area contributed by atoms with E-state index in [1.54, 1.807) is 19.2 Å². The van der Waals surface area contributed by atoms with Gasteiger partial charge in [-0.1, -0.05) is 19.9 Å². The first-order valence-electron chi connectivity index (χ1n) is 11.3. The minimum atomic E-state index is -0.889. The van der Waals surface area contributed by atoms with Crippen molar-refractivity contribution in [1.82, 2.24) is 0 Å². The second-order valence-electron chi connectivity index (χ2n) is 9.09. The van der Waals surface area contributed by atoms with Crippen LogP contribution in [0.1, 0.15) is 59.4 Å². The van der Waals surface area contributed by atoms with E-state index < -0.39 is 17.7 Å². The fourth-order valence-corrected chi connectivity index (χ4v) is 4.63. The monoisotopic (exact) mass is 459 g/mol. The van der Waals surface area contributed by atoms with Crippen molar-refractivity contribution in [3.63, 3.8) is 0 Å². The number of rotatable bonds is 5. The summed E-state index contributed by atoms with van der Waals surface area (Å²) < 4.78 is 11.2. The SMILES string of the molecule is COc1cc(C)c(/C(O)=C2\C(=O)C(=O)N(c3cc(C)cc(C)c3)C2c2ccco2)cc1C(C)C. The quantitative estimate of drug-likeness (QED) is 0.289. The van der Waals surface area contributed by atoms with Gasteiger partial charge < -0.3 is 14.3 Å². The van der Waals surface area contributed by atoms with Crippen molar-refractivity contribution in [2.24, 2.45) is 0 Å². The van der Waals surface area contributed by atoms with Gasteiger partial charge in [0.15, 0.2) is 0 Å². The number of aliphatic hydroxyl groups excluding tert-OH is 1. The largest absolute Gasteiger partial charge is 0.507 e. The van der Waals surface area contributed by atoms with Crippen molar-refractivity contribution in [1.29, 1.82) is 0 Å². The molecule has 0 bridgehead atoms. The highest BCUT2D eigenvalue weighted by Gasteiger charge is 2.48. The molecule has 1 atom stereocenters. The maximum atomic E-state index is 13.4. The van der Waals surface area contributed by atoms with Crippen LogP contribution in [-0.2, 0) is 9.59 Å². The molecule has 0 radical (unpaired) electrons. The topological polar surface area (TPSA) is 80.0 Å². The Kier molecular flexibility index (Phi) is 6.09. The molecule has 4 rings (SSSR count). The minimum Gasteiger partial charge on any atom is -0.507 e. The molecule has 0 aliphatic carbocycles. The number of Topliss-reactive ketones (excluding diaryl/α,β-unsaturated/α-hetero) is 1. The number of methoxy groups -OCH3 is 1. The Bertz CT molecular complexity index is 1280. The molecule has 176 valence electrons. The first-order chi connectivity index (χ1) is 16.1. The van der Waals surface area contributed by atoms with Crippen LogP contribution in [0, 0.1) is 20.8 Å². The number of hydrogen-bond acceptors (Lipinski definition) is 5.